The van der Waals surface area contributed by atoms with Gasteiger partial charge in [0.1, 0.15) is 23.2 Å². The van der Waals surface area contributed by atoms with Crippen LogP contribution in [0.1, 0.15) is 5.56 Å². The van der Waals surface area contributed by atoms with Crippen molar-refractivity contribution in [2.24, 2.45) is 0 Å². The summed E-state index contributed by atoms with van der Waals surface area (Å²) in [6, 6.07) is 12.7. The molecule has 2 aromatic carbocycles. The van der Waals surface area contributed by atoms with Crippen LogP contribution in [0.15, 0.2) is 59.4 Å². The van der Waals surface area contributed by atoms with Crippen molar-refractivity contribution >= 4 is 34.2 Å². The number of fused-ring (bicyclic) bond motifs is 1. The molecule has 4 aromatic rings. The Labute approximate surface area is 186 Å². The maximum Gasteiger partial charge on any atom is 0.416 e. The average Bonchev–Trinajstić information content (AvgIpc) is 3.24. The molecule has 3 heterocycles. The minimum atomic E-state index is -4.36. The molecule has 1 aliphatic heterocycles. The molecule has 1 aliphatic rings. The van der Waals surface area contributed by atoms with Crippen LogP contribution in [-0.4, -0.2) is 41.3 Å². The smallest absolute Gasteiger partial charge is 0.368 e. The van der Waals surface area contributed by atoms with Crippen LogP contribution in [0, 0.1) is 0 Å². The maximum atomic E-state index is 13.1. The highest BCUT2D eigenvalue weighted by Crippen LogP contribution is 2.35. The lowest BCUT2D eigenvalue weighted by Gasteiger charge is -2.37. The Hall–Kier alpha value is -3.33. The summed E-state index contributed by atoms with van der Waals surface area (Å²) in [6.07, 6.45) is -2.94. The van der Waals surface area contributed by atoms with E-state index in [0.29, 0.717) is 59.5 Å². The Balaban J connectivity index is 1.41. The number of benzene rings is 2. The zero-order valence-corrected chi connectivity index (χ0v) is 17.4. The van der Waals surface area contributed by atoms with Crippen LogP contribution in [0.5, 0.6) is 0 Å². The van der Waals surface area contributed by atoms with E-state index in [4.69, 9.17) is 16.1 Å². The lowest BCUT2D eigenvalue weighted by atomic mass is 10.1. The van der Waals surface area contributed by atoms with Gasteiger partial charge in [-0.2, -0.15) is 18.2 Å². The van der Waals surface area contributed by atoms with E-state index in [1.807, 2.05) is 17.0 Å². The second-order valence-corrected chi connectivity index (χ2v) is 7.87. The van der Waals surface area contributed by atoms with Crippen molar-refractivity contribution in [2.45, 2.75) is 6.18 Å². The maximum absolute atomic E-state index is 13.1. The summed E-state index contributed by atoms with van der Waals surface area (Å²) >= 11 is 6.00. The van der Waals surface area contributed by atoms with Gasteiger partial charge in [-0.15, -0.1) is 0 Å². The molecule has 0 amide bonds. The molecule has 164 valence electrons. The minimum absolute atomic E-state index is 0.375. The number of aromatic nitrogens is 3. The number of alkyl halides is 3. The molecule has 0 N–H and O–H groups in total. The van der Waals surface area contributed by atoms with Crippen LogP contribution >= 0.6 is 11.6 Å². The Morgan fingerprint density at radius 1 is 0.906 bits per heavy atom. The van der Waals surface area contributed by atoms with Gasteiger partial charge in [-0.25, -0.2) is 4.98 Å². The van der Waals surface area contributed by atoms with E-state index in [0.717, 1.165) is 11.6 Å². The van der Waals surface area contributed by atoms with Crippen LogP contribution in [0.3, 0.4) is 0 Å². The van der Waals surface area contributed by atoms with Crippen LogP contribution < -0.4 is 9.80 Å². The third-order valence-corrected chi connectivity index (χ3v) is 5.74. The molecule has 0 radical (unpaired) electrons. The Morgan fingerprint density at radius 3 is 2.34 bits per heavy atom. The predicted molar refractivity (Wildman–Crippen MR) is 116 cm³/mol. The number of piperazine rings is 1. The van der Waals surface area contributed by atoms with Crippen molar-refractivity contribution in [3.63, 3.8) is 0 Å². The van der Waals surface area contributed by atoms with Gasteiger partial charge in [0.15, 0.2) is 0 Å². The molecular formula is C22H17ClF3N5O. The Morgan fingerprint density at radius 2 is 1.62 bits per heavy atom. The number of halogens is 4. The summed E-state index contributed by atoms with van der Waals surface area (Å²) in [5.41, 5.74) is 1.73. The van der Waals surface area contributed by atoms with E-state index in [9.17, 15) is 13.2 Å². The first kappa shape index (κ1) is 20.6. The normalized spacial score (nSPS) is 14.9. The number of nitrogens with zero attached hydrogens (tertiary/aromatic N) is 5. The summed E-state index contributed by atoms with van der Waals surface area (Å²) in [7, 11) is 0. The molecule has 0 bridgehead atoms. The molecule has 6 nitrogen and oxygen atoms in total. The van der Waals surface area contributed by atoms with Crippen LogP contribution in [0.4, 0.5) is 24.7 Å². The number of hydrogen-bond acceptors (Lipinski definition) is 6. The van der Waals surface area contributed by atoms with Gasteiger partial charge in [0.05, 0.1) is 5.56 Å². The van der Waals surface area contributed by atoms with Crippen molar-refractivity contribution < 1.29 is 17.7 Å². The first-order valence-corrected chi connectivity index (χ1v) is 10.3. The van der Waals surface area contributed by atoms with Gasteiger partial charge in [-0.1, -0.05) is 35.0 Å². The van der Waals surface area contributed by atoms with Gasteiger partial charge in [0.25, 0.3) is 5.71 Å². The van der Waals surface area contributed by atoms with Gasteiger partial charge < -0.3 is 14.3 Å². The van der Waals surface area contributed by atoms with Crippen molar-refractivity contribution in [1.82, 2.24) is 15.1 Å². The molecule has 1 fully saturated rings. The van der Waals surface area contributed by atoms with E-state index >= 15 is 0 Å². The molecule has 2 aromatic heterocycles. The zero-order valence-electron chi connectivity index (χ0n) is 16.7. The first-order valence-electron chi connectivity index (χ1n) is 9.93. The summed E-state index contributed by atoms with van der Waals surface area (Å²) in [5.74, 6) is 0.685. The fraction of sp³-hybridized carbons (Fsp3) is 0.227. The van der Waals surface area contributed by atoms with Crippen molar-refractivity contribution in [3.05, 3.63) is 65.4 Å². The first-order chi connectivity index (χ1) is 15.4. The Bertz CT molecular complexity index is 1250. The third-order valence-electron chi connectivity index (χ3n) is 5.49. The molecule has 0 atom stereocenters. The second-order valence-electron chi connectivity index (χ2n) is 7.44. The van der Waals surface area contributed by atoms with Crippen molar-refractivity contribution in [2.75, 3.05) is 36.0 Å². The predicted octanol–water partition coefficient (Wildman–Crippen LogP) is 5.28. The van der Waals surface area contributed by atoms with E-state index in [2.05, 4.69) is 20.0 Å². The highest BCUT2D eigenvalue weighted by atomic mass is 35.5. The zero-order chi connectivity index (χ0) is 22.3. The van der Waals surface area contributed by atoms with Gasteiger partial charge in [-0.3, -0.25) is 0 Å². The standard InChI is InChI=1S/C22H17ClF3N5O/c23-16-6-4-14(5-7-16)19-18-20(27-13-28-21(18)32-29-19)31-10-8-30(9-11-31)17-3-1-2-15(12-17)22(24,25)26/h1-7,12-13H,8-11H2. The molecule has 0 unspecified atom stereocenters. The minimum Gasteiger partial charge on any atom is -0.368 e. The topological polar surface area (TPSA) is 58.3 Å². The van der Waals surface area contributed by atoms with E-state index in [1.54, 1.807) is 18.2 Å². The second kappa shape index (κ2) is 7.98. The molecule has 1 saturated heterocycles. The molecule has 0 aliphatic carbocycles. The number of anilines is 2. The van der Waals surface area contributed by atoms with Gasteiger partial charge in [0.2, 0.25) is 0 Å². The number of rotatable bonds is 3. The third kappa shape index (κ3) is 3.84. The largest absolute Gasteiger partial charge is 0.416 e. The van der Waals surface area contributed by atoms with E-state index < -0.39 is 11.7 Å². The highest BCUT2D eigenvalue weighted by molar-refractivity contribution is 6.30. The molecular weight excluding hydrogens is 443 g/mol. The van der Waals surface area contributed by atoms with E-state index in [-0.39, 0.29) is 0 Å². The Kier molecular flexibility index (Phi) is 5.13. The average molecular weight is 460 g/mol. The summed E-state index contributed by atoms with van der Waals surface area (Å²) in [6.45, 7) is 2.25. The fourth-order valence-corrected chi connectivity index (χ4v) is 4.00. The molecule has 32 heavy (non-hydrogen) atoms. The van der Waals surface area contributed by atoms with Crippen LogP contribution in [-0.2, 0) is 6.18 Å². The van der Waals surface area contributed by atoms with Crippen LogP contribution in [0.25, 0.3) is 22.4 Å². The molecule has 0 spiro atoms. The highest BCUT2D eigenvalue weighted by Gasteiger charge is 2.31. The molecule has 0 saturated carbocycles. The summed E-state index contributed by atoms with van der Waals surface area (Å²) < 4.78 is 44.6. The van der Waals surface area contributed by atoms with E-state index in [1.165, 1.54) is 18.5 Å². The van der Waals surface area contributed by atoms with Gasteiger partial charge >= 0.3 is 6.18 Å². The lowest BCUT2D eigenvalue weighted by Crippen LogP contribution is -2.47. The summed E-state index contributed by atoms with van der Waals surface area (Å²) in [5, 5.41) is 5.49. The van der Waals surface area contributed by atoms with Gasteiger partial charge in [-0.05, 0) is 30.3 Å². The molecule has 5 rings (SSSR count). The number of hydrogen-bond donors (Lipinski definition) is 0. The fourth-order valence-electron chi connectivity index (χ4n) is 3.87. The SMILES string of the molecule is FC(F)(F)c1cccc(N2CCN(c3ncnc4onc(-c5ccc(Cl)cc5)c34)CC2)c1. The van der Waals surface area contributed by atoms with Crippen molar-refractivity contribution in [3.8, 4) is 11.3 Å². The monoisotopic (exact) mass is 459 g/mol. The van der Waals surface area contributed by atoms with Gasteiger partial charge in [0, 0.05) is 42.5 Å². The quantitative estimate of drug-likeness (QED) is 0.415. The molecule has 10 heteroatoms. The lowest BCUT2D eigenvalue weighted by molar-refractivity contribution is -0.137. The van der Waals surface area contributed by atoms with Crippen molar-refractivity contribution in [1.29, 1.82) is 0 Å². The summed E-state index contributed by atoms with van der Waals surface area (Å²) in [4.78, 5) is 12.7. The van der Waals surface area contributed by atoms with Crippen LogP contribution in [0.2, 0.25) is 5.02 Å².